The standard InChI is InChI=1S/C39H45F2N3O/c1-28-7-6-24-44-37(20-11-28)35(27-43-44)19-18-33-26-34(15-12-29(33)2)38(45)10-4-8-31-14-17-32(36(25-31)39(3,40)41)16-13-30-9-5-22-42-23-21-30/h6-7,12,14-15,17,24-27,30,42H,4-5,8-11,13,16,20-23H2,1-3H3. The molecule has 4 nitrogen and oxygen atoms in total. The number of ketones is 1. The molecule has 1 N–H and O–H groups in total. The fourth-order valence-corrected chi connectivity index (χ4v) is 6.36. The van der Waals surface area contributed by atoms with E-state index in [0.29, 0.717) is 37.2 Å². The van der Waals surface area contributed by atoms with Gasteiger partial charge in [0.05, 0.1) is 17.5 Å². The number of aromatic nitrogens is 2. The number of hydrogen-bond acceptors (Lipinski definition) is 3. The molecule has 45 heavy (non-hydrogen) atoms. The first-order valence-corrected chi connectivity index (χ1v) is 16.4. The number of hydrogen-bond donors (Lipinski definition) is 1. The summed E-state index contributed by atoms with van der Waals surface area (Å²) < 4.78 is 31.2. The van der Waals surface area contributed by atoms with Crippen LogP contribution in [0, 0.1) is 24.7 Å². The van der Waals surface area contributed by atoms with E-state index in [2.05, 4.69) is 35.3 Å². The molecule has 2 aliphatic heterocycles. The lowest BCUT2D eigenvalue weighted by Crippen LogP contribution is -2.15. The van der Waals surface area contributed by atoms with Gasteiger partial charge in [-0.1, -0.05) is 47.8 Å². The first-order valence-electron chi connectivity index (χ1n) is 16.4. The molecule has 1 aromatic heterocycles. The first kappa shape index (κ1) is 32.6. The van der Waals surface area contributed by atoms with E-state index in [0.717, 1.165) is 92.0 Å². The SMILES string of the molecule is CC1=CC=Cn2ncc(C#Cc3cc(C(=O)CCCc4ccc(CCC5CCCNCC5)c(C(C)(F)F)c4)ccc3C)c2CC1. The Hall–Kier alpha value is -3.82. The van der Waals surface area contributed by atoms with Gasteiger partial charge in [-0.3, -0.25) is 4.79 Å². The van der Waals surface area contributed by atoms with Crippen LogP contribution in [-0.2, 0) is 25.2 Å². The summed E-state index contributed by atoms with van der Waals surface area (Å²) in [4.78, 5) is 13.2. The highest BCUT2D eigenvalue weighted by atomic mass is 19.3. The monoisotopic (exact) mass is 609 g/mol. The number of benzene rings is 2. The molecule has 3 heterocycles. The van der Waals surface area contributed by atoms with Gasteiger partial charge in [-0.2, -0.15) is 5.10 Å². The quantitative estimate of drug-likeness (QED) is 0.195. The summed E-state index contributed by atoms with van der Waals surface area (Å²) in [7, 11) is 0. The molecule has 1 saturated heterocycles. The number of nitrogens with zero attached hydrogens (tertiary/aromatic N) is 2. The van der Waals surface area contributed by atoms with E-state index in [4.69, 9.17) is 0 Å². The largest absolute Gasteiger partial charge is 0.317 e. The lowest BCUT2D eigenvalue weighted by Gasteiger charge is -2.19. The van der Waals surface area contributed by atoms with Crippen LogP contribution in [0.1, 0.15) is 108 Å². The van der Waals surface area contributed by atoms with E-state index in [1.165, 1.54) is 5.57 Å². The minimum Gasteiger partial charge on any atom is -0.317 e. The highest BCUT2D eigenvalue weighted by Gasteiger charge is 2.28. The Labute approximate surface area is 267 Å². The van der Waals surface area contributed by atoms with Gasteiger partial charge in [0.15, 0.2) is 5.78 Å². The van der Waals surface area contributed by atoms with Crippen molar-refractivity contribution < 1.29 is 13.6 Å². The molecule has 1 atom stereocenters. The number of carbonyl (C=O) groups excluding carboxylic acids is 1. The van der Waals surface area contributed by atoms with Crippen LogP contribution >= 0.6 is 0 Å². The summed E-state index contributed by atoms with van der Waals surface area (Å²) in [5, 5.41) is 7.91. The maximum absolute atomic E-state index is 14.7. The molecule has 3 aromatic rings. The van der Waals surface area contributed by atoms with Gasteiger partial charge in [0.25, 0.3) is 5.92 Å². The second-order valence-corrected chi connectivity index (χ2v) is 12.8. The molecule has 0 amide bonds. The summed E-state index contributed by atoms with van der Waals surface area (Å²) in [6.45, 7) is 7.18. The Bertz CT molecular complexity index is 1620. The van der Waals surface area contributed by atoms with Crippen LogP contribution in [0.2, 0.25) is 0 Å². The third-order valence-corrected chi connectivity index (χ3v) is 9.19. The van der Waals surface area contributed by atoms with Gasteiger partial charge in [0.2, 0.25) is 0 Å². The molecule has 5 rings (SSSR count). The van der Waals surface area contributed by atoms with Crippen molar-refractivity contribution in [3.8, 4) is 11.8 Å². The number of carbonyl (C=O) groups is 1. The molecule has 236 valence electrons. The summed E-state index contributed by atoms with van der Waals surface area (Å²) in [5.41, 5.74) is 7.50. The number of alkyl halides is 2. The zero-order valence-corrected chi connectivity index (χ0v) is 26.9. The van der Waals surface area contributed by atoms with Crippen LogP contribution in [0.5, 0.6) is 0 Å². The van der Waals surface area contributed by atoms with E-state index in [1.807, 2.05) is 54.2 Å². The van der Waals surface area contributed by atoms with Crippen molar-refractivity contribution in [2.45, 2.75) is 90.9 Å². The van der Waals surface area contributed by atoms with Crippen LogP contribution in [0.15, 0.2) is 60.3 Å². The van der Waals surface area contributed by atoms with Crippen molar-refractivity contribution in [1.29, 1.82) is 0 Å². The normalized spacial score (nSPS) is 16.9. The highest BCUT2D eigenvalue weighted by molar-refractivity contribution is 5.96. The molecule has 0 spiro atoms. The molecule has 6 heteroatoms. The Morgan fingerprint density at radius 1 is 1.04 bits per heavy atom. The summed E-state index contributed by atoms with van der Waals surface area (Å²) in [6.07, 6.45) is 16.3. The molecule has 0 radical (unpaired) electrons. The van der Waals surface area contributed by atoms with E-state index < -0.39 is 5.92 Å². The van der Waals surface area contributed by atoms with Crippen molar-refractivity contribution in [2.24, 2.45) is 5.92 Å². The van der Waals surface area contributed by atoms with Gasteiger partial charge < -0.3 is 5.32 Å². The number of halogens is 2. The topological polar surface area (TPSA) is 46.9 Å². The molecular formula is C39H45F2N3O. The van der Waals surface area contributed by atoms with E-state index >= 15 is 0 Å². The zero-order valence-electron chi connectivity index (χ0n) is 26.9. The molecule has 1 fully saturated rings. The summed E-state index contributed by atoms with van der Waals surface area (Å²) in [5.74, 6) is 4.30. The second-order valence-electron chi connectivity index (χ2n) is 12.8. The Morgan fingerprint density at radius 2 is 1.89 bits per heavy atom. The van der Waals surface area contributed by atoms with Crippen molar-refractivity contribution in [2.75, 3.05) is 13.1 Å². The molecular weight excluding hydrogens is 564 g/mol. The summed E-state index contributed by atoms with van der Waals surface area (Å²) >= 11 is 0. The predicted molar refractivity (Wildman–Crippen MR) is 179 cm³/mol. The van der Waals surface area contributed by atoms with Gasteiger partial charge in [-0.05, 0) is 126 Å². The van der Waals surface area contributed by atoms with Crippen molar-refractivity contribution >= 4 is 12.0 Å². The first-order chi connectivity index (χ1) is 21.7. The number of fused-ring (bicyclic) bond motifs is 1. The van der Waals surface area contributed by atoms with Crippen LogP contribution in [0.25, 0.3) is 6.20 Å². The lowest BCUT2D eigenvalue weighted by atomic mass is 9.89. The highest BCUT2D eigenvalue weighted by Crippen LogP contribution is 2.33. The number of nitrogens with one attached hydrogen (secondary N) is 1. The maximum Gasteiger partial charge on any atom is 0.270 e. The minimum atomic E-state index is -2.90. The maximum atomic E-state index is 14.7. The van der Waals surface area contributed by atoms with E-state index in [1.54, 1.807) is 12.3 Å². The molecule has 2 aromatic carbocycles. The van der Waals surface area contributed by atoms with Crippen LogP contribution in [-0.4, -0.2) is 28.7 Å². The predicted octanol–water partition coefficient (Wildman–Crippen LogP) is 8.59. The molecule has 0 aliphatic carbocycles. The van der Waals surface area contributed by atoms with Gasteiger partial charge in [0, 0.05) is 36.2 Å². The fraction of sp³-hybridized carbons (Fsp3) is 0.436. The van der Waals surface area contributed by atoms with Crippen LogP contribution in [0.3, 0.4) is 0 Å². The molecule has 0 saturated carbocycles. The van der Waals surface area contributed by atoms with Gasteiger partial charge in [-0.25, -0.2) is 13.5 Å². The number of aryl methyl sites for hydroxylation is 3. The summed E-state index contributed by atoms with van der Waals surface area (Å²) in [6, 6.07) is 11.2. The Morgan fingerprint density at radius 3 is 2.73 bits per heavy atom. The third-order valence-electron chi connectivity index (χ3n) is 9.19. The average molecular weight is 610 g/mol. The average Bonchev–Trinajstić information content (AvgIpc) is 3.18. The van der Waals surface area contributed by atoms with Gasteiger partial charge in [-0.15, -0.1) is 0 Å². The van der Waals surface area contributed by atoms with Crippen LogP contribution in [0.4, 0.5) is 8.78 Å². The number of Topliss-reactive ketones (excluding diaryl/α,β-unsaturated/α-hetero) is 1. The minimum absolute atomic E-state index is 0.0386. The smallest absolute Gasteiger partial charge is 0.270 e. The Balaban J connectivity index is 1.21. The van der Waals surface area contributed by atoms with Crippen molar-refractivity contribution in [1.82, 2.24) is 15.1 Å². The van der Waals surface area contributed by atoms with E-state index in [9.17, 15) is 13.6 Å². The lowest BCUT2D eigenvalue weighted by molar-refractivity contribution is 0.0164. The third kappa shape index (κ3) is 8.89. The number of rotatable bonds is 9. The van der Waals surface area contributed by atoms with Crippen LogP contribution < -0.4 is 5.32 Å². The van der Waals surface area contributed by atoms with E-state index in [-0.39, 0.29) is 11.3 Å². The van der Waals surface area contributed by atoms with Crippen molar-refractivity contribution in [3.63, 3.8) is 0 Å². The van der Waals surface area contributed by atoms with Crippen molar-refractivity contribution in [3.05, 3.63) is 105 Å². The molecule has 0 bridgehead atoms. The molecule has 1 unspecified atom stereocenters. The second kappa shape index (κ2) is 15.0. The number of allylic oxidation sites excluding steroid dienone is 3. The molecule has 2 aliphatic rings. The van der Waals surface area contributed by atoms with Gasteiger partial charge >= 0.3 is 0 Å². The zero-order chi connectivity index (χ0) is 31.8. The van der Waals surface area contributed by atoms with Gasteiger partial charge in [0.1, 0.15) is 0 Å². The Kier molecular flexibility index (Phi) is 10.8. The fourth-order valence-electron chi connectivity index (χ4n) is 6.36.